The van der Waals surface area contributed by atoms with Gasteiger partial charge in [-0.1, -0.05) is 6.92 Å². The van der Waals surface area contributed by atoms with Crippen molar-refractivity contribution >= 4 is 43.6 Å². The monoisotopic (exact) mass is 442 g/mol. The van der Waals surface area contributed by atoms with Crippen molar-refractivity contribution in [1.82, 2.24) is 0 Å². The Balaban J connectivity index is 2.36. The van der Waals surface area contributed by atoms with Crippen LogP contribution in [0.2, 0.25) is 0 Å². The van der Waals surface area contributed by atoms with Gasteiger partial charge in [0.15, 0.2) is 5.78 Å². The molecule has 0 saturated heterocycles. The average Bonchev–Trinajstić information content (AvgIpc) is 2.52. The first kappa shape index (κ1) is 17.5. The minimum Gasteiger partial charge on any atom is -0.508 e. The van der Waals surface area contributed by atoms with Crippen LogP contribution in [0.4, 0.5) is 0 Å². The summed E-state index contributed by atoms with van der Waals surface area (Å²) in [6.45, 7) is 1.67. The van der Waals surface area contributed by atoms with Gasteiger partial charge in [-0.2, -0.15) is 0 Å². The molecule has 120 valence electrons. The van der Waals surface area contributed by atoms with Crippen molar-refractivity contribution in [3.8, 4) is 17.2 Å². The van der Waals surface area contributed by atoms with E-state index in [1.807, 2.05) is 0 Å². The smallest absolute Gasteiger partial charge is 0.343 e. The summed E-state index contributed by atoms with van der Waals surface area (Å²) in [6.07, 6.45) is 0.213. The third-order valence-corrected chi connectivity index (χ3v) is 4.25. The standard InChI is InChI=1S/C16H12Br2O5/c1-2-13(20)10-7-9(19)3-4-14(10)23-16(22)8-5-11(17)15(21)12(18)6-8/h3-7,19,21H,2H2,1H3. The molecule has 0 spiro atoms. The topological polar surface area (TPSA) is 83.8 Å². The summed E-state index contributed by atoms with van der Waals surface area (Å²) < 4.78 is 5.92. The highest BCUT2D eigenvalue weighted by Gasteiger charge is 2.18. The van der Waals surface area contributed by atoms with Crippen LogP contribution in [-0.2, 0) is 0 Å². The Morgan fingerprint density at radius 2 is 1.70 bits per heavy atom. The minimum absolute atomic E-state index is 0.0342. The van der Waals surface area contributed by atoms with Crippen LogP contribution >= 0.6 is 31.9 Å². The van der Waals surface area contributed by atoms with E-state index < -0.39 is 5.97 Å². The van der Waals surface area contributed by atoms with Crippen LogP contribution in [0.5, 0.6) is 17.2 Å². The minimum atomic E-state index is -0.692. The Labute approximate surface area is 149 Å². The summed E-state index contributed by atoms with van der Waals surface area (Å²) in [5.74, 6) is -0.997. The van der Waals surface area contributed by atoms with Gasteiger partial charge >= 0.3 is 5.97 Å². The molecule has 2 rings (SSSR count). The zero-order chi connectivity index (χ0) is 17.1. The molecular weight excluding hydrogens is 432 g/mol. The molecule has 0 aliphatic carbocycles. The fourth-order valence-corrected chi connectivity index (χ4v) is 3.04. The van der Waals surface area contributed by atoms with Crippen molar-refractivity contribution < 1.29 is 24.5 Å². The molecule has 0 amide bonds. The normalized spacial score (nSPS) is 10.4. The molecule has 2 N–H and O–H groups in total. The number of phenols is 2. The molecule has 0 saturated carbocycles. The molecule has 0 radical (unpaired) electrons. The first-order chi connectivity index (χ1) is 10.8. The van der Waals surface area contributed by atoms with E-state index in [0.717, 1.165) is 0 Å². The van der Waals surface area contributed by atoms with E-state index in [2.05, 4.69) is 31.9 Å². The zero-order valence-electron chi connectivity index (χ0n) is 12.0. The maximum atomic E-state index is 12.3. The highest BCUT2D eigenvalue weighted by molar-refractivity contribution is 9.11. The predicted molar refractivity (Wildman–Crippen MR) is 91.2 cm³/mol. The largest absolute Gasteiger partial charge is 0.508 e. The van der Waals surface area contributed by atoms with E-state index in [1.54, 1.807) is 6.92 Å². The summed E-state index contributed by atoms with van der Waals surface area (Å²) in [6, 6.07) is 6.77. The van der Waals surface area contributed by atoms with E-state index in [1.165, 1.54) is 30.3 Å². The molecule has 5 nitrogen and oxygen atoms in total. The highest BCUT2D eigenvalue weighted by Crippen LogP contribution is 2.34. The van der Waals surface area contributed by atoms with Crippen LogP contribution in [0.25, 0.3) is 0 Å². The number of esters is 1. The van der Waals surface area contributed by atoms with E-state index in [-0.39, 0.29) is 40.6 Å². The molecule has 0 unspecified atom stereocenters. The Hall–Kier alpha value is -1.86. The third-order valence-electron chi connectivity index (χ3n) is 3.04. The number of rotatable bonds is 4. The van der Waals surface area contributed by atoms with Gasteiger partial charge in [0.25, 0.3) is 0 Å². The van der Waals surface area contributed by atoms with Crippen molar-refractivity contribution in [2.45, 2.75) is 13.3 Å². The van der Waals surface area contributed by atoms with Gasteiger partial charge < -0.3 is 14.9 Å². The molecular formula is C16H12Br2O5. The number of halogens is 2. The number of carbonyl (C=O) groups excluding carboxylic acids is 2. The van der Waals surface area contributed by atoms with Crippen LogP contribution in [0.3, 0.4) is 0 Å². The molecule has 2 aromatic rings. The van der Waals surface area contributed by atoms with Gasteiger partial charge in [0, 0.05) is 6.42 Å². The molecule has 0 aromatic heterocycles. The fourth-order valence-electron chi connectivity index (χ4n) is 1.86. The number of Topliss-reactive ketones (excluding diaryl/α,β-unsaturated/α-hetero) is 1. The van der Waals surface area contributed by atoms with Gasteiger partial charge in [-0.15, -0.1) is 0 Å². The van der Waals surface area contributed by atoms with Gasteiger partial charge in [0.1, 0.15) is 17.2 Å². The maximum Gasteiger partial charge on any atom is 0.343 e. The summed E-state index contributed by atoms with van der Waals surface area (Å²) in [4.78, 5) is 24.2. The summed E-state index contributed by atoms with van der Waals surface area (Å²) in [7, 11) is 0. The Kier molecular flexibility index (Phi) is 5.43. The van der Waals surface area contributed by atoms with Crippen molar-refractivity contribution in [3.63, 3.8) is 0 Å². The number of benzene rings is 2. The van der Waals surface area contributed by atoms with Gasteiger partial charge in [-0.3, -0.25) is 4.79 Å². The van der Waals surface area contributed by atoms with E-state index in [0.29, 0.717) is 8.95 Å². The number of hydrogen-bond donors (Lipinski definition) is 2. The molecule has 0 fully saturated rings. The van der Waals surface area contributed by atoms with Crippen molar-refractivity contribution in [3.05, 3.63) is 50.4 Å². The number of phenolic OH excluding ortho intramolecular Hbond substituents is 2. The first-order valence-electron chi connectivity index (χ1n) is 6.60. The van der Waals surface area contributed by atoms with Crippen LogP contribution in [0.15, 0.2) is 39.3 Å². The van der Waals surface area contributed by atoms with Crippen molar-refractivity contribution in [2.75, 3.05) is 0 Å². The highest BCUT2D eigenvalue weighted by atomic mass is 79.9. The van der Waals surface area contributed by atoms with E-state index in [9.17, 15) is 19.8 Å². The third kappa shape index (κ3) is 3.92. The maximum absolute atomic E-state index is 12.3. The second kappa shape index (κ2) is 7.14. The molecule has 0 bridgehead atoms. The molecule has 0 aliphatic heterocycles. The lowest BCUT2D eigenvalue weighted by Gasteiger charge is -2.10. The van der Waals surface area contributed by atoms with Crippen molar-refractivity contribution in [1.29, 1.82) is 0 Å². The van der Waals surface area contributed by atoms with Gasteiger partial charge in [-0.05, 0) is 62.2 Å². The van der Waals surface area contributed by atoms with E-state index >= 15 is 0 Å². The quantitative estimate of drug-likeness (QED) is 0.414. The average molecular weight is 444 g/mol. The van der Waals surface area contributed by atoms with Crippen LogP contribution < -0.4 is 4.74 Å². The fraction of sp³-hybridized carbons (Fsp3) is 0.125. The lowest BCUT2D eigenvalue weighted by Crippen LogP contribution is -2.11. The zero-order valence-corrected chi connectivity index (χ0v) is 15.1. The van der Waals surface area contributed by atoms with E-state index in [4.69, 9.17) is 4.74 Å². The van der Waals surface area contributed by atoms with Crippen LogP contribution in [-0.4, -0.2) is 22.0 Å². The molecule has 0 heterocycles. The number of ketones is 1. The van der Waals surface area contributed by atoms with Crippen molar-refractivity contribution in [2.24, 2.45) is 0 Å². The number of carbonyl (C=O) groups is 2. The van der Waals surface area contributed by atoms with Gasteiger partial charge in [0.05, 0.1) is 20.1 Å². The second-order valence-corrected chi connectivity index (χ2v) is 6.34. The summed E-state index contributed by atoms with van der Waals surface area (Å²) in [5, 5.41) is 19.2. The molecule has 23 heavy (non-hydrogen) atoms. The summed E-state index contributed by atoms with van der Waals surface area (Å²) >= 11 is 6.27. The lowest BCUT2D eigenvalue weighted by molar-refractivity contribution is 0.0732. The number of aromatic hydroxyl groups is 2. The predicted octanol–water partition coefficient (Wildman–Crippen LogP) is 4.43. The number of hydrogen-bond acceptors (Lipinski definition) is 5. The second-order valence-electron chi connectivity index (χ2n) is 4.64. The van der Waals surface area contributed by atoms with Gasteiger partial charge in [-0.25, -0.2) is 4.79 Å². The SMILES string of the molecule is CCC(=O)c1cc(O)ccc1OC(=O)c1cc(Br)c(O)c(Br)c1. The lowest BCUT2D eigenvalue weighted by atomic mass is 10.1. The molecule has 0 atom stereocenters. The Morgan fingerprint density at radius 1 is 1.09 bits per heavy atom. The van der Waals surface area contributed by atoms with Crippen LogP contribution in [0, 0.1) is 0 Å². The number of ether oxygens (including phenoxy) is 1. The molecule has 0 aliphatic rings. The Bertz CT molecular complexity index is 763. The Morgan fingerprint density at radius 3 is 2.26 bits per heavy atom. The summed E-state index contributed by atoms with van der Waals surface area (Å²) in [5.41, 5.74) is 0.322. The first-order valence-corrected chi connectivity index (χ1v) is 8.18. The van der Waals surface area contributed by atoms with Gasteiger partial charge in [0.2, 0.25) is 0 Å². The molecule has 7 heteroatoms. The molecule has 2 aromatic carbocycles. The van der Waals surface area contributed by atoms with Crippen LogP contribution in [0.1, 0.15) is 34.1 Å².